The Morgan fingerprint density at radius 2 is 2.14 bits per heavy atom. The van der Waals surface area contributed by atoms with Crippen molar-refractivity contribution >= 4 is 21.8 Å². The predicted molar refractivity (Wildman–Crippen MR) is 85.8 cm³/mol. The predicted octanol–water partition coefficient (Wildman–Crippen LogP) is 1.47. The molecule has 1 aliphatic rings. The van der Waals surface area contributed by atoms with Crippen molar-refractivity contribution in [2.45, 2.75) is 18.2 Å². The number of hydrogen-bond acceptors (Lipinski definition) is 4. The number of hydrogen-bond donors (Lipinski definition) is 1. The number of aliphatic hydroxyl groups excluding tert-OH is 1. The maximum Gasteiger partial charge on any atom is 0.243 e. The van der Waals surface area contributed by atoms with Gasteiger partial charge in [0, 0.05) is 24.4 Å². The Morgan fingerprint density at radius 1 is 1.33 bits per heavy atom. The lowest BCUT2D eigenvalue weighted by Crippen LogP contribution is -2.33. The van der Waals surface area contributed by atoms with E-state index in [0.717, 1.165) is 23.5 Å². The van der Waals surface area contributed by atoms with Crippen LogP contribution >= 0.6 is 11.8 Å². The van der Waals surface area contributed by atoms with Crippen molar-refractivity contribution < 1.29 is 13.5 Å². The number of sulfonamides is 1. The quantitative estimate of drug-likeness (QED) is 0.837. The fourth-order valence-corrected chi connectivity index (χ4v) is 4.93. The summed E-state index contributed by atoms with van der Waals surface area (Å²) < 4.78 is 27.2. The van der Waals surface area contributed by atoms with Crippen molar-refractivity contribution in [3.8, 4) is 11.8 Å². The molecule has 4 nitrogen and oxygen atoms in total. The SMILES string of the molecule is Cc1ccc(C#CCO)cc1S(=O)(=O)N1CCCSCC1. The first-order valence-corrected chi connectivity index (χ1v) is 9.43. The molecule has 1 saturated heterocycles. The number of benzene rings is 1. The smallest absolute Gasteiger partial charge is 0.243 e. The molecule has 0 radical (unpaired) electrons. The Labute approximate surface area is 130 Å². The standard InChI is InChI=1S/C15H19NO3S2/c1-13-5-6-14(4-2-9-17)12-15(13)21(18,19)16-7-3-10-20-11-8-16/h5-6,12,17H,3,7-11H2,1H3. The largest absolute Gasteiger partial charge is 0.384 e. The maximum atomic E-state index is 12.8. The molecular weight excluding hydrogens is 306 g/mol. The van der Waals surface area contributed by atoms with E-state index >= 15 is 0 Å². The molecule has 2 rings (SSSR count). The van der Waals surface area contributed by atoms with Gasteiger partial charge in [-0.2, -0.15) is 16.1 Å². The van der Waals surface area contributed by atoms with Crippen LogP contribution in [0.25, 0.3) is 0 Å². The van der Waals surface area contributed by atoms with E-state index in [4.69, 9.17) is 5.11 Å². The Hall–Kier alpha value is -1.000. The van der Waals surface area contributed by atoms with Gasteiger partial charge in [0.25, 0.3) is 0 Å². The number of thioether (sulfide) groups is 1. The molecule has 0 atom stereocenters. The highest BCUT2D eigenvalue weighted by Crippen LogP contribution is 2.23. The van der Waals surface area contributed by atoms with Crippen LogP contribution in [0.3, 0.4) is 0 Å². The first-order valence-electron chi connectivity index (χ1n) is 6.84. The van der Waals surface area contributed by atoms with Crippen molar-refractivity contribution in [3.63, 3.8) is 0 Å². The van der Waals surface area contributed by atoms with Gasteiger partial charge in [-0.05, 0) is 36.8 Å². The molecule has 0 spiro atoms. The van der Waals surface area contributed by atoms with Crippen molar-refractivity contribution in [2.75, 3.05) is 31.2 Å². The van der Waals surface area contributed by atoms with Crippen LogP contribution in [0.4, 0.5) is 0 Å². The summed E-state index contributed by atoms with van der Waals surface area (Å²) in [5, 5.41) is 8.74. The van der Waals surface area contributed by atoms with Crippen LogP contribution in [0.5, 0.6) is 0 Å². The summed E-state index contributed by atoms with van der Waals surface area (Å²) in [6.07, 6.45) is 0.882. The summed E-state index contributed by atoms with van der Waals surface area (Å²) in [5.41, 5.74) is 1.33. The monoisotopic (exact) mass is 325 g/mol. The van der Waals surface area contributed by atoms with Gasteiger partial charge in [0.2, 0.25) is 10.0 Å². The summed E-state index contributed by atoms with van der Waals surface area (Å²) in [4.78, 5) is 0.319. The van der Waals surface area contributed by atoms with Crippen LogP contribution < -0.4 is 0 Å². The molecule has 1 aromatic carbocycles. The minimum atomic E-state index is -3.47. The van der Waals surface area contributed by atoms with Gasteiger partial charge >= 0.3 is 0 Å². The average molecular weight is 325 g/mol. The Bertz CT molecular complexity index is 651. The molecule has 0 aromatic heterocycles. The number of rotatable bonds is 2. The first-order chi connectivity index (χ1) is 10.1. The highest BCUT2D eigenvalue weighted by Gasteiger charge is 2.26. The van der Waals surface area contributed by atoms with Crippen LogP contribution in [0.15, 0.2) is 23.1 Å². The molecule has 1 heterocycles. The minimum Gasteiger partial charge on any atom is -0.384 e. The van der Waals surface area contributed by atoms with Crippen LogP contribution in [-0.2, 0) is 10.0 Å². The zero-order valence-corrected chi connectivity index (χ0v) is 13.6. The van der Waals surface area contributed by atoms with Crippen LogP contribution in [0.2, 0.25) is 0 Å². The van der Waals surface area contributed by atoms with Crippen molar-refractivity contribution in [2.24, 2.45) is 0 Å². The van der Waals surface area contributed by atoms with E-state index in [1.165, 1.54) is 0 Å². The third-order valence-electron chi connectivity index (χ3n) is 3.30. The Balaban J connectivity index is 2.38. The highest BCUT2D eigenvalue weighted by molar-refractivity contribution is 7.99. The molecule has 6 heteroatoms. The van der Waals surface area contributed by atoms with Gasteiger partial charge in [0.05, 0.1) is 4.90 Å². The molecule has 0 aliphatic carbocycles. The van der Waals surface area contributed by atoms with E-state index in [1.807, 2.05) is 0 Å². The van der Waals surface area contributed by atoms with Gasteiger partial charge in [-0.1, -0.05) is 17.9 Å². The lowest BCUT2D eigenvalue weighted by molar-refractivity contribution is 0.350. The molecule has 0 amide bonds. The second-order valence-electron chi connectivity index (χ2n) is 4.81. The van der Waals surface area contributed by atoms with E-state index in [1.54, 1.807) is 41.2 Å². The Kier molecular flexibility index (Phi) is 5.71. The molecule has 0 saturated carbocycles. The zero-order valence-electron chi connectivity index (χ0n) is 12.0. The lowest BCUT2D eigenvalue weighted by atomic mass is 10.1. The van der Waals surface area contributed by atoms with Gasteiger partial charge in [-0.3, -0.25) is 0 Å². The van der Waals surface area contributed by atoms with Crippen molar-refractivity contribution in [1.29, 1.82) is 0 Å². The average Bonchev–Trinajstić information content (AvgIpc) is 2.75. The van der Waals surface area contributed by atoms with E-state index < -0.39 is 10.0 Å². The number of aryl methyl sites for hydroxylation is 1. The van der Waals surface area contributed by atoms with Crippen LogP contribution in [0, 0.1) is 18.8 Å². The second-order valence-corrected chi connectivity index (χ2v) is 7.94. The third kappa shape index (κ3) is 4.01. The van der Waals surface area contributed by atoms with Gasteiger partial charge in [0.15, 0.2) is 0 Å². The third-order valence-corrected chi connectivity index (χ3v) is 6.39. The van der Waals surface area contributed by atoms with Crippen molar-refractivity contribution in [1.82, 2.24) is 4.31 Å². The summed E-state index contributed by atoms with van der Waals surface area (Å²) in [6, 6.07) is 5.14. The van der Waals surface area contributed by atoms with Gasteiger partial charge in [-0.25, -0.2) is 8.42 Å². The van der Waals surface area contributed by atoms with Crippen LogP contribution in [-0.4, -0.2) is 49.0 Å². The molecular formula is C15H19NO3S2. The van der Waals surface area contributed by atoms with E-state index in [2.05, 4.69) is 11.8 Å². The summed E-state index contributed by atoms with van der Waals surface area (Å²) in [7, 11) is -3.47. The molecule has 1 aliphatic heterocycles. The van der Waals surface area contributed by atoms with Gasteiger partial charge in [0.1, 0.15) is 6.61 Å². The topological polar surface area (TPSA) is 57.6 Å². The normalized spacial score (nSPS) is 16.9. The molecule has 21 heavy (non-hydrogen) atoms. The van der Waals surface area contributed by atoms with E-state index in [9.17, 15) is 8.42 Å². The summed E-state index contributed by atoms with van der Waals surface area (Å²) in [5.74, 6) is 7.15. The summed E-state index contributed by atoms with van der Waals surface area (Å²) in [6.45, 7) is 2.68. The molecule has 0 bridgehead atoms. The minimum absolute atomic E-state index is 0.237. The maximum absolute atomic E-state index is 12.8. The van der Waals surface area contributed by atoms with Crippen LogP contribution in [0.1, 0.15) is 17.5 Å². The Morgan fingerprint density at radius 3 is 2.90 bits per heavy atom. The zero-order chi connectivity index (χ0) is 15.3. The molecule has 114 valence electrons. The number of nitrogens with zero attached hydrogens (tertiary/aromatic N) is 1. The fourth-order valence-electron chi connectivity index (χ4n) is 2.20. The second kappa shape index (κ2) is 7.32. The van der Waals surface area contributed by atoms with Gasteiger partial charge < -0.3 is 5.11 Å². The van der Waals surface area contributed by atoms with Crippen molar-refractivity contribution in [3.05, 3.63) is 29.3 Å². The number of aliphatic hydroxyl groups is 1. The molecule has 1 fully saturated rings. The van der Waals surface area contributed by atoms with E-state index in [-0.39, 0.29) is 6.61 Å². The lowest BCUT2D eigenvalue weighted by Gasteiger charge is -2.21. The fraction of sp³-hybridized carbons (Fsp3) is 0.467. The molecule has 1 N–H and O–H groups in total. The first kappa shape index (κ1) is 16.4. The molecule has 0 unspecified atom stereocenters. The highest BCUT2D eigenvalue weighted by atomic mass is 32.2. The molecule has 1 aromatic rings. The van der Waals surface area contributed by atoms with E-state index in [0.29, 0.717) is 23.5 Å². The van der Waals surface area contributed by atoms with Gasteiger partial charge in [-0.15, -0.1) is 0 Å². The summed E-state index contributed by atoms with van der Waals surface area (Å²) >= 11 is 1.79.